The van der Waals surface area contributed by atoms with Gasteiger partial charge in [0.15, 0.2) is 0 Å². The van der Waals surface area contributed by atoms with Crippen LogP contribution in [0.5, 0.6) is 11.5 Å². The van der Waals surface area contributed by atoms with Gasteiger partial charge in [-0.3, -0.25) is 4.21 Å². The molecule has 1 aliphatic heterocycles. The predicted octanol–water partition coefficient (Wildman–Crippen LogP) is 3.94. The monoisotopic (exact) mass is 576 g/mol. The van der Waals surface area contributed by atoms with Crippen LogP contribution < -0.4 is 20.5 Å². The van der Waals surface area contributed by atoms with Gasteiger partial charge in [-0.2, -0.15) is 13.2 Å². The smallest absolute Gasteiger partial charge is 0.427 e. The van der Waals surface area contributed by atoms with Gasteiger partial charge in [0, 0.05) is 47.9 Å². The summed E-state index contributed by atoms with van der Waals surface area (Å²) >= 11 is 0. The normalized spacial score (nSPS) is 22.6. The maximum absolute atomic E-state index is 14.6. The first-order valence-electron chi connectivity index (χ1n) is 12.6. The number of hydrogen-bond acceptors (Lipinski definition) is 7. The van der Waals surface area contributed by atoms with Crippen molar-refractivity contribution in [3.63, 3.8) is 0 Å². The number of hydrogen-bond donors (Lipinski definition) is 3. The summed E-state index contributed by atoms with van der Waals surface area (Å²) < 4.78 is 82.2. The van der Waals surface area contributed by atoms with Crippen LogP contribution in [0.4, 0.5) is 23.2 Å². The minimum atomic E-state index is -4.76. The zero-order valence-corrected chi connectivity index (χ0v) is 23.2. The van der Waals surface area contributed by atoms with E-state index in [1.165, 1.54) is 6.07 Å². The highest BCUT2D eigenvalue weighted by molar-refractivity contribution is 7.85. The fourth-order valence-corrected chi connectivity index (χ4v) is 6.19. The molecule has 39 heavy (non-hydrogen) atoms. The Balaban J connectivity index is 1.76. The summed E-state index contributed by atoms with van der Waals surface area (Å²) in [6.07, 6.45) is -7.97. The Morgan fingerprint density at radius 1 is 1.13 bits per heavy atom. The van der Waals surface area contributed by atoms with Crippen molar-refractivity contribution in [2.24, 2.45) is 5.92 Å². The van der Waals surface area contributed by atoms with Gasteiger partial charge in [-0.1, -0.05) is 19.9 Å². The standard InChI is InChI=1S/C27H36F4N2O5S/c1-15(2)18-6-17(7-20(10-18)37-4)11-33-22-14-39(35)13-19(26(22)34)5-16-8-21(28)25(32)23(9-16)38-24(12-36-3)27(29,30)31/h6-10,15,19,22,24,26,33-34H,5,11-14,32H2,1-4H3/t19-,22+,24-,26+,39-/m1/s1. The van der Waals surface area contributed by atoms with Crippen LogP contribution in [0.25, 0.3) is 0 Å². The van der Waals surface area contributed by atoms with Gasteiger partial charge in [0.2, 0.25) is 6.10 Å². The van der Waals surface area contributed by atoms with E-state index in [-0.39, 0.29) is 29.4 Å². The van der Waals surface area contributed by atoms with Crippen LogP contribution in [0, 0.1) is 11.7 Å². The Labute approximate surface area is 228 Å². The van der Waals surface area contributed by atoms with Crippen LogP contribution in [0.2, 0.25) is 0 Å². The van der Waals surface area contributed by atoms with Gasteiger partial charge in [-0.15, -0.1) is 0 Å². The molecule has 1 fully saturated rings. The van der Waals surface area contributed by atoms with Gasteiger partial charge >= 0.3 is 6.18 Å². The molecule has 218 valence electrons. The minimum absolute atomic E-state index is 0.0657. The third kappa shape index (κ3) is 8.29. The van der Waals surface area contributed by atoms with Crippen molar-refractivity contribution in [3.8, 4) is 11.5 Å². The van der Waals surface area contributed by atoms with E-state index in [2.05, 4.69) is 23.9 Å². The molecule has 2 aromatic carbocycles. The van der Waals surface area contributed by atoms with Crippen LogP contribution in [-0.4, -0.2) is 66.1 Å². The minimum Gasteiger partial charge on any atom is -0.497 e. The molecule has 1 saturated heterocycles. The number of methoxy groups -OCH3 is 2. The molecule has 0 amide bonds. The number of ether oxygens (including phenoxy) is 3. The zero-order valence-electron chi connectivity index (χ0n) is 22.4. The fraction of sp³-hybridized carbons (Fsp3) is 0.556. The van der Waals surface area contributed by atoms with Crippen LogP contribution in [0.1, 0.15) is 36.5 Å². The third-order valence-corrected chi connectivity index (χ3v) is 8.25. The average molecular weight is 577 g/mol. The Morgan fingerprint density at radius 3 is 2.46 bits per heavy atom. The molecule has 1 heterocycles. The average Bonchev–Trinajstić information content (AvgIpc) is 2.86. The molecular formula is C27H36F4N2O5S. The van der Waals surface area contributed by atoms with Gasteiger partial charge in [0.1, 0.15) is 23.0 Å². The van der Waals surface area contributed by atoms with Gasteiger partial charge < -0.3 is 30.4 Å². The molecule has 0 bridgehead atoms. The lowest BCUT2D eigenvalue weighted by molar-refractivity contribution is -0.206. The summed E-state index contributed by atoms with van der Waals surface area (Å²) in [6.45, 7) is 3.74. The molecule has 1 aliphatic rings. The lowest BCUT2D eigenvalue weighted by Crippen LogP contribution is -2.53. The fourth-order valence-electron chi connectivity index (χ4n) is 4.54. The third-order valence-electron chi connectivity index (χ3n) is 6.72. The number of rotatable bonds is 11. The van der Waals surface area contributed by atoms with Crippen LogP contribution >= 0.6 is 0 Å². The summed E-state index contributed by atoms with van der Waals surface area (Å²) in [7, 11) is 1.41. The lowest BCUT2D eigenvalue weighted by atomic mass is 9.91. The molecule has 0 saturated carbocycles. The van der Waals surface area contributed by atoms with Gasteiger partial charge in [0.05, 0.1) is 19.8 Å². The van der Waals surface area contributed by atoms with Crippen molar-refractivity contribution in [2.45, 2.75) is 57.2 Å². The van der Waals surface area contributed by atoms with Crippen LogP contribution in [0.3, 0.4) is 0 Å². The van der Waals surface area contributed by atoms with E-state index in [9.17, 15) is 26.9 Å². The second-order valence-corrected chi connectivity index (χ2v) is 11.6. The van der Waals surface area contributed by atoms with Crippen LogP contribution in [0.15, 0.2) is 30.3 Å². The summed E-state index contributed by atoms with van der Waals surface area (Å²) in [5, 5.41) is 14.4. The van der Waals surface area contributed by atoms with Crippen molar-refractivity contribution in [1.29, 1.82) is 0 Å². The molecule has 0 unspecified atom stereocenters. The van der Waals surface area contributed by atoms with Crippen molar-refractivity contribution >= 4 is 16.5 Å². The molecular weight excluding hydrogens is 540 g/mol. The Hall–Kier alpha value is -2.41. The van der Waals surface area contributed by atoms with Crippen molar-refractivity contribution < 1.29 is 41.1 Å². The molecule has 7 nitrogen and oxygen atoms in total. The molecule has 4 N–H and O–H groups in total. The van der Waals surface area contributed by atoms with E-state index in [1.807, 2.05) is 18.2 Å². The number of halogens is 4. The van der Waals surface area contributed by atoms with E-state index in [0.29, 0.717) is 12.3 Å². The van der Waals surface area contributed by atoms with Crippen molar-refractivity contribution in [3.05, 3.63) is 52.8 Å². The maximum Gasteiger partial charge on any atom is 0.427 e. The first kappa shape index (κ1) is 31.1. The quantitative estimate of drug-likeness (QED) is 0.275. The highest BCUT2D eigenvalue weighted by Crippen LogP contribution is 2.33. The first-order valence-corrected chi connectivity index (χ1v) is 14.1. The Kier molecular flexibility index (Phi) is 10.6. The Morgan fingerprint density at radius 2 is 1.85 bits per heavy atom. The van der Waals surface area contributed by atoms with E-state index in [4.69, 9.17) is 15.2 Å². The second-order valence-electron chi connectivity index (χ2n) is 10.1. The topological polar surface area (TPSA) is 103 Å². The zero-order chi connectivity index (χ0) is 28.9. The highest BCUT2D eigenvalue weighted by atomic mass is 32.2. The summed E-state index contributed by atoms with van der Waals surface area (Å²) in [6, 6.07) is 7.70. The molecule has 5 atom stereocenters. The number of anilines is 1. The van der Waals surface area contributed by atoms with E-state index in [1.54, 1.807) is 7.11 Å². The molecule has 0 radical (unpaired) electrons. The van der Waals surface area contributed by atoms with E-state index >= 15 is 0 Å². The van der Waals surface area contributed by atoms with Crippen LogP contribution in [-0.2, 0) is 28.5 Å². The molecule has 3 rings (SSSR count). The maximum atomic E-state index is 14.6. The first-order chi connectivity index (χ1) is 18.3. The number of nitrogens with two attached hydrogens (primary N) is 1. The molecule has 12 heteroatoms. The van der Waals surface area contributed by atoms with E-state index < -0.39 is 65.0 Å². The summed E-state index contributed by atoms with van der Waals surface area (Å²) in [5.74, 6) is -0.566. The van der Waals surface area contributed by atoms with Gasteiger partial charge in [-0.25, -0.2) is 4.39 Å². The van der Waals surface area contributed by atoms with Gasteiger partial charge in [-0.05, 0) is 53.3 Å². The lowest BCUT2D eigenvalue weighted by Gasteiger charge is -2.35. The number of nitrogen functional groups attached to an aromatic ring is 1. The number of benzene rings is 2. The predicted molar refractivity (Wildman–Crippen MR) is 142 cm³/mol. The van der Waals surface area contributed by atoms with E-state index in [0.717, 1.165) is 24.3 Å². The highest BCUT2D eigenvalue weighted by Gasteiger charge is 2.42. The number of alkyl halides is 3. The number of nitrogens with one attached hydrogen (secondary N) is 1. The van der Waals surface area contributed by atoms with Crippen molar-refractivity contribution in [2.75, 3.05) is 38.1 Å². The number of aliphatic hydroxyl groups is 1. The van der Waals surface area contributed by atoms with Gasteiger partial charge in [0.25, 0.3) is 0 Å². The molecule has 0 spiro atoms. The SMILES string of the molecule is COC[C@@H](Oc1cc(C[C@@H]2C[S@@](=O)C[C@H](NCc3cc(OC)cc(C(C)C)c3)[C@H]2O)cc(F)c1N)C(F)(F)F. The number of aliphatic hydroxyl groups excluding tert-OH is 1. The molecule has 2 aromatic rings. The largest absolute Gasteiger partial charge is 0.497 e. The summed E-state index contributed by atoms with van der Waals surface area (Å²) in [5.41, 5.74) is 7.41. The molecule has 0 aliphatic carbocycles. The second kappa shape index (κ2) is 13.3. The Bertz CT molecular complexity index is 1150. The summed E-state index contributed by atoms with van der Waals surface area (Å²) in [4.78, 5) is 0. The van der Waals surface area contributed by atoms with Crippen molar-refractivity contribution in [1.82, 2.24) is 5.32 Å². The molecule has 0 aromatic heterocycles.